The predicted octanol–water partition coefficient (Wildman–Crippen LogP) is 2.68. The van der Waals surface area contributed by atoms with Crippen molar-refractivity contribution in [1.82, 2.24) is 15.8 Å². The van der Waals surface area contributed by atoms with E-state index in [0.29, 0.717) is 15.6 Å². The fourth-order valence-electron chi connectivity index (χ4n) is 3.30. The number of amides is 3. The van der Waals surface area contributed by atoms with Gasteiger partial charge in [0, 0.05) is 5.02 Å². The van der Waals surface area contributed by atoms with Gasteiger partial charge in [0.15, 0.2) is 6.10 Å². The summed E-state index contributed by atoms with van der Waals surface area (Å²) in [5.74, 6) is -3.22. The normalized spacial score (nSPS) is 17.3. The molecule has 3 rings (SSSR count). The van der Waals surface area contributed by atoms with Crippen LogP contribution in [0.1, 0.15) is 31.1 Å². The molecule has 1 saturated heterocycles. The number of rotatable bonds is 9. The number of carboxylic acids is 1. The Kier molecular flexibility index (Phi) is 8.67. The number of hydrogen-bond acceptors (Lipinski definition) is 6. The van der Waals surface area contributed by atoms with Crippen molar-refractivity contribution in [3.63, 3.8) is 0 Å². The topological polar surface area (TPSA) is 138 Å². The summed E-state index contributed by atoms with van der Waals surface area (Å²) in [6.07, 6.45) is -2.37. The number of halogens is 1. The molecule has 186 valence electrons. The number of hydrazine groups is 1. The third-order valence-electron chi connectivity index (χ3n) is 5.17. The maximum atomic E-state index is 12.9. The molecule has 11 heteroatoms. The Morgan fingerprint density at radius 2 is 1.74 bits per heavy atom. The van der Waals surface area contributed by atoms with Crippen molar-refractivity contribution in [2.24, 2.45) is 5.92 Å². The van der Waals surface area contributed by atoms with Crippen molar-refractivity contribution < 1.29 is 33.8 Å². The van der Waals surface area contributed by atoms with Gasteiger partial charge in [-0.1, -0.05) is 67.9 Å². The van der Waals surface area contributed by atoms with E-state index in [-0.39, 0.29) is 12.5 Å². The van der Waals surface area contributed by atoms with Crippen molar-refractivity contribution in [1.29, 1.82) is 0 Å². The molecule has 0 aliphatic carbocycles. The van der Waals surface area contributed by atoms with Crippen molar-refractivity contribution in [3.8, 4) is 0 Å². The summed E-state index contributed by atoms with van der Waals surface area (Å²) in [5.41, 5.74) is 3.77. The van der Waals surface area contributed by atoms with E-state index in [2.05, 4.69) is 10.7 Å². The third-order valence-corrected chi connectivity index (χ3v) is 5.43. The van der Waals surface area contributed by atoms with Gasteiger partial charge in [0.1, 0.15) is 25.3 Å². The first-order chi connectivity index (χ1) is 16.7. The molecule has 3 unspecified atom stereocenters. The first-order valence-corrected chi connectivity index (χ1v) is 11.2. The standard InChI is InChI=1S/C24H26ClN3O7/c1-14(2)19(26-24(33)34-13-15-6-4-3-5-7-15)22(31)27-28(12-18(29)30)23(32)21-20(35-21)16-8-10-17(25)11-9-16/h3-11,14,19-21H,12-13H2,1-2H3,(H,26,33)(H,27,31)(H,29,30). The number of benzene rings is 2. The van der Waals surface area contributed by atoms with Gasteiger partial charge >= 0.3 is 12.1 Å². The highest BCUT2D eigenvalue weighted by Gasteiger charge is 2.49. The maximum Gasteiger partial charge on any atom is 0.408 e. The van der Waals surface area contributed by atoms with Gasteiger partial charge in [-0.3, -0.25) is 19.8 Å². The average molecular weight is 504 g/mol. The van der Waals surface area contributed by atoms with Crippen molar-refractivity contribution in [2.45, 2.75) is 38.7 Å². The lowest BCUT2D eigenvalue weighted by Gasteiger charge is -2.26. The lowest BCUT2D eigenvalue weighted by molar-refractivity contribution is -0.151. The number of carbonyl (C=O) groups is 4. The smallest absolute Gasteiger partial charge is 0.408 e. The zero-order valence-corrected chi connectivity index (χ0v) is 19.9. The minimum absolute atomic E-state index is 0.00778. The van der Waals surface area contributed by atoms with Crippen LogP contribution in [0.5, 0.6) is 0 Å². The molecule has 2 aromatic rings. The van der Waals surface area contributed by atoms with Gasteiger partial charge in [0.25, 0.3) is 11.8 Å². The maximum absolute atomic E-state index is 12.9. The number of alkyl carbamates (subject to hydrolysis) is 1. The minimum atomic E-state index is -1.33. The van der Waals surface area contributed by atoms with E-state index in [4.69, 9.17) is 21.1 Å². The van der Waals surface area contributed by atoms with Gasteiger partial charge in [-0.25, -0.2) is 9.80 Å². The van der Waals surface area contributed by atoms with Crippen LogP contribution in [-0.4, -0.2) is 52.7 Å². The Hall–Kier alpha value is -3.63. The fraction of sp³-hybridized carbons (Fsp3) is 0.333. The van der Waals surface area contributed by atoms with Crippen molar-refractivity contribution in [2.75, 3.05) is 6.54 Å². The number of nitrogens with one attached hydrogen (secondary N) is 2. The number of carbonyl (C=O) groups excluding carboxylic acids is 3. The Morgan fingerprint density at radius 1 is 1.09 bits per heavy atom. The summed E-state index contributed by atoms with van der Waals surface area (Å²) in [4.78, 5) is 49.4. The van der Waals surface area contributed by atoms with Gasteiger partial charge in [-0.05, 0) is 29.2 Å². The monoisotopic (exact) mass is 503 g/mol. The Morgan fingerprint density at radius 3 is 2.34 bits per heavy atom. The molecule has 1 aliphatic rings. The van der Waals surface area contributed by atoms with E-state index in [9.17, 15) is 24.3 Å². The van der Waals surface area contributed by atoms with Crippen molar-refractivity contribution in [3.05, 3.63) is 70.7 Å². The molecule has 0 bridgehead atoms. The second-order valence-electron chi connectivity index (χ2n) is 8.25. The molecule has 0 saturated carbocycles. The number of nitrogens with zero attached hydrogens (tertiary/aromatic N) is 1. The molecule has 1 heterocycles. The van der Waals surface area contributed by atoms with Gasteiger partial charge < -0.3 is 19.9 Å². The molecular formula is C24H26ClN3O7. The molecular weight excluding hydrogens is 478 g/mol. The van der Waals surface area contributed by atoms with Gasteiger partial charge in [0.2, 0.25) is 0 Å². The molecule has 0 aromatic heterocycles. The summed E-state index contributed by atoms with van der Waals surface area (Å²) in [6, 6.07) is 14.6. The largest absolute Gasteiger partial charge is 0.480 e. The van der Waals surface area contributed by atoms with Crippen LogP contribution in [0.15, 0.2) is 54.6 Å². The highest BCUT2D eigenvalue weighted by atomic mass is 35.5. The summed E-state index contributed by atoms with van der Waals surface area (Å²) >= 11 is 5.88. The summed E-state index contributed by atoms with van der Waals surface area (Å²) in [6.45, 7) is 2.59. The van der Waals surface area contributed by atoms with Crippen LogP contribution in [0.4, 0.5) is 4.79 Å². The van der Waals surface area contributed by atoms with E-state index in [1.807, 2.05) is 6.07 Å². The van der Waals surface area contributed by atoms with E-state index >= 15 is 0 Å². The van der Waals surface area contributed by atoms with E-state index in [1.54, 1.807) is 62.4 Å². The highest BCUT2D eigenvalue weighted by molar-refractivity contribution is 6.30. The molecule has 3 N–H and O–H groups in total. The van der Waals surface area contributed by atoms with Gasteiger partial charge in [-0.15, -0.1) is 0 Å². The molecule has 0 spiro atoms. The number of ether oxygens (including phenoxy) is 2. The number of carboxylic acid groups (broad SMARTS) is 1. The quantitative estimate of drug-likeness (QED) is 0.353. The first-order valence-electron chi connectivity index (χ1n) is 10.9. The van der Waals surface area contributed by atoms with Crippen LogP contribution >= 0.6 is 11.6 Å². The molecule has 10 nitrogen and oxygen atoms in total. The van der Waals surface area contributed by atoms with Crippen LogP contribution < -0.4 is 10.7 Å². The fourth-order valence-corrected chi connectivity index (χ4v) is 3.42. The molecule has 3 amide bonds. The SMILES string of the molecule is CC(C)C(NC(=O)OCc1ccccc1)C(=O)NN(CC(=O)O)C(=O)C1OC1c1ccc(Cl)cc1. The van der Waals surface area contributed by atoms with Gasteiger partial charge in [0.05, 0.1) is 0 Å². The summed E-state index contributed by atoms with van der Waals surface area (Å²) in [7, 11) is 0. The number of aliphatic carboxylic acids is 1. The van der Waals surface area contributed by atoms with Crippen LogP contribution in [0.3, 0.4) is 0 Å². The molecule has 2 aromatic carbocycles. The van der Waals surface area contributed by atoms with Gasteiger partial charge in [-0.2, -0.15) is 0 Å². The summed E-state index contributed by atoms with van der Waals surface area (Å²) in [5, 5.41) is 12.9. The number of hydrogen-bond donors (Lipinski definition) is 3. The van der Waals surface area contributed by atoms with Crippen molar-refractivity contribution >= 4 is 35.5 Å². The average Bonchev–Trinajstić information content (AvgIpc) is 3.62. The molecule has 1 fully saturated rings. The summed E-state index contributed by atoms with van der Waals surface area (Å²) < 4.78 is 10.6. The Labute approximate surface area is 207 Å². The Balaban J connectivity index is 1.61. The third kappa shape index (κ3) is 7.43. The zero-order valence-electron chi connectivity index (χ0n) is 19.1. The van der Waals surface area contributed by atoms with Crippen LogP contribution in [0.2, 0.25) is 5.02 Å². The number of epoxide rings is 1. The van der Waals surface area contributed by atoms with Crippen LogP contribution in [-0.2, 0) is 30.5 Å². The molecule has 3 atom stereocenters. The molecule has 1 aliphatic heterocycles. The lowest BCUT2D eigenvalue weighted by Crippen LogP contribution is -2.57. The van der Waals surface area contributed by atoms with E-state index in [0.717, 1.165) is 5.56 Å². The zero-order chi connectivity index (χ0) is 25.5. The van der Waals surface area contributed by atoms with Crippen LogP contribution in [0, 0.1) is 5.92 Å². The second-order valence-corrected chi connectivity index (χ2v) is 8.69. The van der Waals surface area contributed by atoms with Crippen LogP contribution in [0.25, 0.3) is 0 Å². The Bertz CT molecular complexity index is 1060. The predicted molar refractivity (Wildman–Crippen MR) is 125 cm³/mol. The first kappa shape index (κ1) is 26.0. The highest BCUT2D eigenvalue weighted by Crippen LogP contribution is 2.39. The molecule has 0 radical (unpaired) electrons. The molecule has 35 heavy (non-hydrogen) atoms. The lowest BCUT2D eigenvalue weighted by atomic mass is 10.0. The minimum Gasteiger partial charge on any atom is -0.480 e. The van der Waals surface area contributed by atoms with E-state index in [1.165, 1.54) is 0 Å². The van der Waals surface area contributed by atoms with E-state index < -0.39 is 48.7 Å². The second kappa shape index (κ2) is 11.7.